The van der Waals surface area contributed by atoms with E-state index in [9.17, 15) is 4.79 Å². The monoisotopic (exact) mass is 338 g/mol. The standard InChI is InChI=1S/C18H26N2O2.ClH/c1-3-16(22-17-7-5-4-6-12(17)2)18(21)20-10-13-8-9-15(19)14(13)11-20;/h4-7,13-16H,3,8-11,19H2,1-2H3;1H. The van der Waals surface area contributed by atoms with Crippen molar-refractivity contribution in [2.45, 2.75) is 45.3 Å². The molecule has 2 aliphatic rings. The van der Waals surface area contributed by atoms with E-state index in [0.717, 1.165) is 37.2 Å². The lowest BCUT2D eigenvalue weighted by Crippen LogP contribution is -2.42. The van der Waals surface area contributed by atoms with Crippen LogP contribution in [0.1, 0.15) is 31.7 Å². The number of hydrogen-bond donors (Lipinski definition) is 1. The first kappa shape index (κ1) is 18.1. The van der Waals surface area contributed by atoms with Gasteiger partial charge in [-0.2, -0.15) is 0 Å². The van der Waals surface area contributed by atoms with Crippen LogP contribution < -0.4 is 10.5 Å². The Labute approximate surface area is 144 Å². The minimum absolute atomic E-state index is 0. The van der Waals surface area contributed by atoms with Gasteiger partial charge in [0, 0.05) is 19.1 Å². The average Bonchev–Trinajstić information content (AvgIpc) is 3.08. The maximum Gasteiger partial charge on any atom is 0.263 e. The first-order valence-electron chi connectivity index (χ1n) is 8.36. The smallest absolute Gasteiger partial charge is 0.263 e. The fraction of sp³-hybridized carbons (Fsp3) is 0.611. The minimum Gasteiger partial charge on any atom is -0.480 e. The van der Waals surface area contributed by atoms with Gasteiger partial charge in [0.15, 0.2) is 6.10 Å². The Balaban J connectivity index is 0.00000192. The van der Waals surface area contributed by atoms with Crippen molar-refractivity contribution in [2.24, 2.45) is 17.6 Å². The number of aryl methyl sites for hydroxylation is 1. The van der Waals surface area contributed by atoms with Gasteiger partial charge in [-0.25, -0.2) is 0 Å². The number of fused-ring (bicyclic) bond motifs is 1. The second-order valence-electron chi connectivity index (χ2n) is 6.69. The molecule has 23 heavy (non-hydrogen) atoms. The highest BCUT2D eigenvalue weighted by molar-refractivity contribution is 5.85. The average molecular weight is 339 g/mol. The van der Waals surface area contributed by atoms with Gasteiger partial charge in [-0.1, -0.05) is 25.1 Å². The molecule has 4 nitrogen and oxygen atoms in total. The van der Waals surface area contributed by atoms with E-state index in [0.29, 0.717) is 18.3 Å². The summed E-state index contributed by atoms with van der Waals surface area (Å²) in [4.78, 5) is 14.8. The third kappa shape index (κ3) is 3.64. The van der Waals surface area contributed by atoms with E-state index in [2.05, 4.69) is 0 Å². The number of carbonyl (C=O) groups excluding carboxylic acids is 1. The summed E-state index contributed by atoms with van der Waals surface area (Å²) in [6, 6.07) is 8.12. The summed E-state index contributed by atoms with van der Waals surface area (Å²) >= 11 is 0. The molecule has 1 saturated carbocycles. The minimum atomic E-state index is -0.392. The lowest BCUT2D eigenvalue weighted by Gasteiger charge is -2.25. The number of carbonyl (C=O) groups is 1. The molecule has 0 aromatic heterocycles. The van der Waals surface area contributed by atoms with E-state index < -0.39 is 6.10 Å². The van der Waals surface area contributed by atoms with Crippen LogP contribution >= 0.6 is 12.4 Å². The Morgan fingerprint density at radius 1 is 1.35 bits per heavy atom. The van der Waals surface area contributed by atoms with E-state index in [1.807, 2.05) is 43.0 Å². The van der Waals surface area contributed by atoms with Crippen LogP contribution in [0.25, 0.3) is 0 Å². The van der Waals surface area contributed by atoms with Gasteiger partial charge in [0.1, 0.15) is 5.75 Å². The number of nitrogens with zero attached hydrogens (tertiary/aromatic N) is 1. The zero-order chi connectivity index (χ0) is 15.7. The molecule has 1 aliphatic heterocycles. The molecule has 1 aromatic carbocycles. The van der Waals surface area contributed by atoms with Crippen LogP contribution in [0, 0.1) is 18.8 Å². The summed E-state index contributed by atoms with van der Waals surface area (Å²) in [5.74, 6) is 2.00. The number of para-hydroxylation sites is 1. The molecule has 2 N–H and O–H groups in total. The van der Waals surface area contributed by atoms with Crippen molar-refractivity contribution in [1.82, 2.24) is 4.90 Å². The normalized spacial score (nSPS) is 27.3. The van der Waals surface area contributed by atoms with Crippen LogP contribution in [-0.4, -0.2) is 36.0 Å². The molecule has 4 atom stereocenters. The summed E-state index contributed by atoms with van der Waals surface area (Å²) in [5.41, 5.74) is 7.23. The Kier molecular flexibility index (Phi) is 5.93. The first-order valence-corrected chi connectivity index (χ1v) is 8.36. The number of hydrogen-bond acceptors (Lipinski definition) is 3. The van der Waals surface area contributed by atoms with E-state index in [1.54, 1.807) is 0 Å². The van der Waals surface area contributed by atoms with Crippen molar-refractivity contribution < 1.29 is 9.53 Å². The summed E-state index contributed by atoms with van der Waals surface area (Å²) in [6.07, 6.45) is 2.56. The van der Waals surface area contributed by atoms with E-state index in [1.165, 1.54) is 0 Å². The predicted molar refractivity (Wildman–Crippen MR) is 93.9 cm³/mol. The van der Waals surface area contributed by atoms with Gasteiger partial charge < -0.3 is 15.4 Å². The van der Waals surface area contributed by atoms with Gasteiger partial charge >= 0.3 is 0 Å². The predicted octanol–water partition coefficient (Wildman–Crippen LogP) is 2.77. The molecular formula is C18H27ClN2O2. The van der Waals surface area contributed by atoms with E-state index in [-0.39, 0.29) is 24.4 Å². The highest BCUT2D eigenvalue weighted by Crippen LogP contribution is 2.37. The van der Waals surface area contributed by atoms with Gasteiger partial charge in [0.2, 0.25) is 0 Å². The third-order valence-corrected chi connectivity index (χ3v) is 5.23. The zero-order valence-corrected chi connectivity index (χ0v) is 14.7. The number of nitrogens with two attached hydrogens (primary N) is 1. The zero-order valence-electron chi connectivity index (χ0n) is 13.9. The Hall–Kier alpha value is -1.26. The lowest BCUT2D eigenvalue weighted by molar-refractivity contribution is -0.138. The number of rotatable bonds is 4. The topological polar surface area (TPSA) is 55.6 Å². The van der Waals surface area contributed by atoms with Crippen molar-refractivity contribution >= 4 is 18.3 Å². The van der Waals surface area contributed by atoms with Crippen molar-refractivity contribution in [3.8, 4) is 5.75 Å². The first-order chi connectivity index (χ1) is 10.6. The molecule has 1 aromatic rings. The second-order valence-corrected chi connectivity index (χ2v) is 6.69. The van der Waals surface area contributed by atoms with E-state index >= 15 is 0 Å². The summed E-state index contributed by atoms with van der Waals surface area (Å²) in [5, 5.41) is 0. The third-order valence-electron chi connectivity index (χ3n) is 5.23. The Bertz CT molecular complexity index is 552. The molecule has 5 heteroatoms. The molecule has 0 radical (unpaired) electrons. The highest BCUT2D eigenvalue weighted by atomic mass is 35.5. The van der Waals surface area contributed by atoms with Crippen molar-refractivity contribution in [1.29, 1.82) is 0 Å². The molecule has 1 amide bonds. The van der Waals surface area contributed by atoms with Crippen LogP contribution in [0.5, 0.6) is 5.75 Å². The number of halogens is 1. The molecule has 1 heterocycles. The van der Waals surface area contributed by atoms with Crippen LogP contribution in [0.3, 0.4) is 0 Å². The van der Waals surface area contributed by atoms with E-state index in [4.69, 9.17) is 10.5 Å². The second kappa shape index (κ2) is 7.54. The Morgan fingerprint density at radius 2 is 2.09 bits per heavy atom. The summed E-state index contributed by atoms with van der Waals surface area (Å²) in [7, 11) is 0. The fourth-order valence-electron chi connectivity index (χ4n) is 3.84. The summed E-state index contributed by atoms with van der Waals surface area (Å²) in [6.45, 7) is 5.67. The van der Waals surface area contributed by atoms with Gasteiger partial charge in [-0.3, -0.25) is 4.79 Å². The maximum absolute atomic E-state index is 12.8. The van der Waals surface area contributed by atoms with Crippen molar-refractivity contribution in [3.05, 3.63) is 29.8 Å². The largest absolute Gasteiger partial charge is 0.480 e. The van der Waals surface area contributed by atoms with Crippen molar-refractivity contribution in [3.63, 3.8) is 0 Å². The van der Waals surface area contributed by atoms with Crippen LogP contribution in [0.2, 0.25) is 0 Å². The molecule has 4 unspecified atom stereocenters. The fourth-order valence-corrected chi connectivity index (χ4v) is 3.84. The SMILES string of the molecule is CCC(Oc1ccccc1C)C(=O)N1CC2CCC(N)C2C1.Cl. The molecule has 3 rings (SSSR count). The van der Waals surface area contributed by atoms with Gasteiger partial charge in [0.05, 0.1) is 0 Å². The number of ether oxygens (including phenoxy) is 1. The molecule has 1 aliphatic carbocycles. The number of amides is 1. The number of likely N-dealkylation sites (tertiary alicyclic amines) is 1. The van der Waals surface area contributed by atoms with Gasteiger partial charge in [-0.05, 0) is 49.7 Å². The molecule has 0 spiro atoms. The number of benzene rings is 1. The van der Waals surface area contributed by atoms with Crippen LogP contribution in [0.4, 0.5) is 0 Å². The maximum atomic E-state index is 12.8. The quantitative estimate of drug-likeness (QED) is 0.918. The highest BCUT2D eigenvalue weighted by Gasteiger charge is 2.43. The van der Waals surface area contributed by atoms with Gasteiger partial charge in [-0.15, -0.1) is 12.4 Å². The summed E-state index contributed by atoms with van der Waals surface area (Å²) < 4.78 is 6.00. The molecule has 128 valence electrons. The van der Waals surface area contributed by atoms with Gasteiger partial charge in [0.25, 0.3) is 5.91 Å². The van der Waals surface area contributed by atoms with Crippen molar-refractivity contribution in [2.75, 3.05) is 13.1 Å². The molecule has 1 saturated heterocycles. The molecule has 2 fully saturated rings. The van der Waals surface area contributed by atoms with Crippen LogP contribution in [-0.2, 0) is 4.79 Å². The molecular weight excluding hydrogens is 312 g/mol. The molecule has 0 bridgehead atoms. The Morgan fingerprint density at radius 3 is 2.74 bits per heavy atom. The lowest BCUT2D eigenvalue weighted by atomic mass is 9.98. The van der Waals surface area contributed by atoms with Crippen LogP contribution in [0.15, 0.2) is 24.3 Å².